The predicted octanol–water partition coefficient (Wildman–Crippen LogP) is 4.10. The summed E-state index contributed by atoms with van der Waals surface area (Å²) in [4.78, 5) is 31.2. The third-order valence-corrected chi connectivity index (χ3v) is 7.07. The Kier molecular flexibility index (Phi) is 8.75. The fourth-order valence-electron chi connectivity index (χ4n) is 4.89. The molecule has 0 radical (unpaired) electrons. The molecule has 0 N–H and O–H groups in total. The topological polar surface area (TPSA) is 108 Å². The van der Waals surface area contributed by atoms with Crippen LogP contribution in [0, 0.1) is 0 Å². The molecule has 1 aromatic carbocycles. The van der Waals surface area contributed by atoms with Gasteiger partial charge in [-0.3, -0.25) is 0 Å². The van der Waals surface area contributed by atoms with Gasteiger partial charge in [0.2, 0.25) is 5.95 Å². The molecule has 11 nitrogen and oxygen atoms in total. The number of fused-ring (bicyclic) bond motifs is 1. The molecule has 11 heteroatoms. The van der Waals surface area contributed by atoms with Crippen LogP contribution < -0.4 is 9.80 Å². The monoisotopic (exact) mass is 559 g/mol. The van der Waals surface area contributed by atoms with Gasteiger partial charge in [-0.2, -0.15) is 5.10 Å². The van der Waals surface area contributed by atoms with Crippen LogP contribution in [0.25, 0.3) is 27.8 Å². The van der Waals surface area contributed by atoms with Gasteiger partial charge in [0, 0.05) is 63.0 Å². The molecule has 0 amide bonds. The van der Waals surface area contributed by atoms with E-state index < -0.39 is 5.97 Å². The van der Waals surface area contributed by atoms with Gasteiger partial charge in [-0.05, 0) is 37.1 Å². The Morgan fingerprint density at radius 3 is 2.54 bits per heavy atom. The second-order valence-corrected chi connectivity index (χ2v) is 10.2. The van der Waals surface area contributed by atoms with Gasteiger partial charge in [-0.1, -0.05) is 19.9 Å². The number of nitrogens with zero attached hydrogens (tertiary/aromatic N) is 7. The van der Waals surface area contributed by atoms with Crippen molar-refractivity contribution < 1.29 is 19.0 Å². The molecule has 0 spiro atoms. The molecule has 3 aromatic heterocycles. The van der Waals surface area contributed by atoms with Gasteiger partial charge in [0.25, 0.3) is 0 Å². The Balaban J connectivity index is 1.67. The lowest BCUT2D eigenvalue weighted by Gasteiger charge is -2.29. The van der Waals surface area contributed by atoms with Crippen LogP contribution in [-0.4, -0.2) is 90.9 Å². The molecule has 1 aliphatic rings. The highest BCUT2D eigenvalue weighted by Gasteiger charge is 2.24. The number of esters is 1. The first kappa shape index (κ1) is 28.4. The van der Waals surface area contributed by atoms with Gasteiger partial charge in [-0.25, -0.2) is 24.4 Å². The summed E-state index contributed by atoms with van der Waals surface area (Å²) in [6, 6.07) is 9.98. The van der Waals surface area contributed by atoms with Crippen molar-refractivity contribution in [3.63, 3.8) is 0 Å². The van der Waals surface area contributed by atoms with E-state index in [4.69, 9.17) is 24.3 Å². The van der Waals surface area contributed by atoms with Crippen molar-refractivity contribution in [2.75, 3.05) is 70.0 Å². The highest BCUT2D eigenvalue weighted by molar-refractivity contribution is 6.00. The fourth-order valence-corrected chi connectivity index (χ4v) is 4.89. The summed E-state index contributed by atoms with van der Waals surface area (Å²) in [7, 11) is 3.59. The Hall–Kier alpha value is -4.09. The van der Waals surface area contributed by atoms with Crippen LogP contribution in [-0.2, 0) is 14.2 Å². The van der Waals surface area contributed by atoms with Crippen LogP contribution in [0.15, 0.2) is 42.7 Å². The van der Waals surface area contributed by atoms with Crippen LogP contribution in [0.2, 0.25) is 0 Å². The first-order chi connectivity index (χ1) is 19.9. The molecule has 4 aromatic rings. The summed E-state index contributed by atoms with van der Waals surface area (Å²) in [6.45, 7) is 10.5. The smallest absolute Gasteiger partial charge is 0.357 e. The molecular weight excluding hydrogens is 522 g/mol. The molecule has 1 saturated heterocycles. The second kappa shape index (κ2) is 12.6. The van der Waals surface area contributed by atoms with E-state index in [1.54, 1.807) is 32.5 Å². The average Bonchev–Trinajstić information content (AvgIpc) is 3.40. The Labute approximate surface area is 240 Å². The number of carbonyl (C=O) groups is 1. The van der Waals surface area contributed by atoms with E-state index in [9.17, 15) is 4.79 Å². The highest BCUT2D eigenvalue weighted by Crippen LogP contribution is 2.36. The van der Waals surface area contributed by atoms with Crippen molar-refractivity contribution in [2.24, 2.45) is 0 Å². The van der Waals surface area contributed by atoms with E-state index in [1.807, 2.05) is 28.8 Å². The number of carbonyl (C=O) groups excluding carboxylic acids is 1. The molecule has 216 valence electrons. The number of likely N-dealkylation sites (N-methyl/N-ethyl adjacent to an activating group) is 1. The molecule has 0 saturated carbocycles. The van der Waals surface area contributed by atoms with Crippen molar-refractivity contribution in [1.82, 2.24) is 24.7 Å². The lowest BCUT2D eigenvalue weighted by Crippen LogP contribution is -2.36. The van der Waals surface area contributed by atoms with Crippen LogP contribution >= 0.6 is 0 Å². The van der Waals surface area contributed by atoms with E-state index in [0.717, 1.165) is 46.7 Å². The number of ether oxygens (including phenoxy) is 3. The molecule has 5 rings (SSSR count). The van der Waals surface area contributed by atoms with Crippen molar-refractivity contribution in [3.8, 4) is 16.8 Å². The quantitative estimate of drug-likeness (QED) is 0.264. The highest BCUT2D eigenvalue weighted by atomic mass is 16.5. The predicted molar refractivity (Wildman–Crippen MR) is 158 cm³/mol. The largest absolute Gasteiger partial charge is 0.461 e. The molecule has 0 unspecified atom stereocenters. The van der Waals surface area contributed by atoms with Gasteiger partial charge in [0.15, 0.2) is 11.3 Å². The first-order valence-electron chi connectivity index (χ1n) is 14.0. The lowest BCUT2D eigenvalue weighted by molar-refractivity contribution is 0.0520. The number of hydrogen-bond donors (Lipinski definition) is 0. The molecule has 1 fully saturated rings. The normalized spacial score (nSPS) is 13.7. The van der Waals surface area contributed by atoms with Gasteiger partial charge >= 0.3 is 5.97 Å². The third kappa shape index (κ3) is 6.01. The summed E-state index contributed by atoms with van der Waals surface area (Å²) in [5, 5.41) is 5.91. The molecule has 1 aliphatic heterocycles. The van der Waals surface area contributed by atoms with Crippen molar-refractivity contribution in [3.05, 3.63) is 54.1 Å². The van der Waals surface area contributed by atoms with E-state index in [1.165, 1.54) is 0 Å². The maximum absolute atomic E-state index is 13.0. The van der Waals surface area contributed by atoms with Crippen molar-refractivity contribution >= 4 is 28.6 Å². The number of methoxy groups -OCH3 is 1. The lowest BCUT2D eigenvalue weighted by atomic mass is 9.99. The standard InChI is InChI=1S/C30H37N7O4/c1-6-41-29(38)25-17-24(21-18-31-30(32-19-21)35(4)10-13-39-5)26-27(20(2)3)34-37(28(26)33-25)23-9-7-8-22(16-23)36-11-14-40-15-12-36/h7-9,16-20H,6,10-15H2,1-5H3. The van der Waals surface area contributed by atoms with Crippen LogP contribution in [0.1, 0.15) is 42.9 Å². The summed E-state index contributed by atoms with van der Waals surface area (Å²) >= 11 is 0. The fraction of sp³-hybridized carbons (Fsp3) is 0.433. The number of morpholine rings is 1. The van der Waals surface area contributed by atoms with Crippen LogP contribution in [0.4, 0.5) is 11.6 Å². The van der Waals surface area contributed by atoms with Crippen LogP contribution in [0.5, 0.6) is 0 Å². The molecule has 0 bridgehead atoms. The van der Waals surface area contributed by atoms with Crippen molar-refractivity contribution in [1.29, 1.82) is 0 Å². The second-order valence-electron chi connectivity index (χ2n) is 10.2. The van der Waals surface area contributed by atoms with Crippen LogP contribution in [0.3, 0.4) is 0 Å². The van der Waals surface area contributed by atoms with E-state index in [2.05, 4.69) is 40.8 Å². The van der Waals surface area contributed by atoms with Gasteiger partial charge in [-0.15, -0.1) is 0 Å². The first-order valence-corrected chi connectivity index (χ1v) is 14.0. The molecule has 0 atom stereocenters. The molecule has 0 aliphatic carbocycles. The summed E-state index contributed by atoms with van der Waals surface area (Å²) in [5.74, 6) is 0.186. The minimum absolute atomic E-state index is 0.0931. The molecule has 4 heterocycles. The summed E-state index contributed by atoms with van der Waals surface area (Å²) in [6.07, 6.45) is 3.55. The van der Waals surface area contributed by atoms with Crippen molar-refractivity contribution in [2.45, 2.75) is 26.7 Å². The number of hydrogen-bond acceptors (Lipinski definition) is 10. The van der Waals surface area contributed by atoms with E-state index >= 15 is 0 Å². The number of aromatic nitrogens is 5. The Morgan fingerprint density at radius 1 is 1.12 bits per heavy atom. The van der Waals surface area contributed by atoms with E-state index in [-0.39, 0.29) is 18.2 Å². The summed E-state index contributed by atoms with van der Waals surface area (Å²) in [5.41, 5.74) is 5.14. The number of benzene rings is 1. The maximum Gasteiger partial charge on any atom is 0.357 e. The van der Waals surface area contributed by atoms with Gasteiger partial charge in [0.05, 0.1) is 43.2 Å². The van der Waals surface area contributed by atoms with Gasteiger partial charge in [0.1, 0.15) is 0 Å². The number of pyridine rings is 1. The zero-order valence-corrected chi connectivity index (χ0v) is 24.3. The zero-order valence-electron chi connectivity index (χ0n) is 24.3. The van der Waals surface area contributed by atoms with E-state index in [0.29, 0.717) is 38.0 Å². The minimum Gasteiger partial charge on any atom is -0.461 e. The maximum atomic E-state index is 13.0. The third-order valence-electron chi connectivity index (χ3n) is 7.07. The number of anilines is 2. The summed E-state index contributed by atoms with van der Waals surface area (Å²) < 4.78 is 17.9. The Morgan fingerprint density at radius 2 is 1.85 bits per heavy atom. The average molecular weight is 560 g/mol. The molecular formula is C30H37N7O4. The SMILES string of the molecule is CCOC(=O)c1cc(-c2cnc(N(C)CCOC)nc2)c2c(C(C)C)nn(-c3cccc(N4CCOCC4)c3)c2n1. The minimum atomic E-state index is -0.492. The number of rotatable bonds is 10. The Bertz CT molecular complexity index is 1500. The molecule has 41 heavy (non-hydrogen) atoms. The zero-order chi connectivity index (χ0) is 28.9. The van der Waals surface area contributed by atoms with Gasteiger partial charge < -0.3 is 24.0 Å².